The smallest absolute Gasteiger partial charge is 0.287 e. The van der Waals surface area contributed by atoms with Crippen molar-refractivity contribution in [3.8, 4) is 22.5 Å². The average Bonchev–Trinajstić information content (AvgIpc) is 3.49. The Labute approximate surface area is 191 Å². The van der Waals surface area contributed by atoms with E-state index in [-0.39, 0.29) is 23.9 Å². The first kappa shape index (κ1) is 21.4. The highest BCUT2D eigenvalue weighted by molar-refractivity contribution is 5.93. The molecule has 1 aliphatic heterocycles. The molecule has 1 aliphatic carbocycles. The van der Waals surface area contributed by atoms with Crippen LogP contribution in [0.3, 0.4) is 0 Å². The van der Waals surface area contributed by atoms with Crippen LogP contribution in [0.15, 0.2) is 47.9 Å². The van der Waals surface area contributed by atoms with Crippen LogP contribution in [0.5, 0.6) is 0 Å². The molecule has 0 radical (unpaired) electrons. The number of aromatic nitrogens is 3. The summed E-state index contributed by atoms with van der Waals surface area (Å²) in [6.45, 7) is 2.86. The number of imidazole rings is 1. The van der Waals surface area contributed by atoms with Gasteiger partial charge in [0, 0.05) is 43.2 Å². The molecule has 3 aromatic rings. The molecular weight excluding hydrogens is 420 g/mol. The fraction of sp³-hybridized carbons (Fsp3) is 0.375. The number of fused-ring (bicyclic) bond motifs is 1. The molecule has 1 saturated heterocycles. The molecule has 33 heavy (non-hydrogen) atoms. The minimum atomic E-state index is -0.280. The molecule has 2 aromatic heterocycles. The number of ether oxygens (including phenoxy) is 1. The first-order valence-corrected chi connectivity index (χ1v) is 11.3. The summed E-state index contributed by atoms with van der Waals surface area (Å²) in [5.74, 6) is -0.000799. The topological polar surface area (TPSA) is 121 Å². The highest BCUT2D eigenvalue weighted by Gasteiger charge is 2.25. The number of amides is 1. The van der Waals surface area contributed by atoms with Crippen LogP contribution in [0, 0.1) is 4.91 Å². The Morgan fingerprint density at radius 1 is 1.21 bits per heavy atom. The molecule has 170 valence electrons. The van der Waals surface area contributed by atoms with E-state index in [1.54, 1.807) is 12.4 Å². The van der Waals surface area contributed by atoms with Crippen molar-refractivity contribution in [1.82, 2.24) is 25.6 Å². The molecule has 2 unspecified atom stereocenters. The second kappa shape index (κ2) is 9.60. The van der Waals surface area contributed by atoms with Gasteiger partial charge in [-0.2, -0.15) is 4.91 Å². The summed E-state index contributed by atoms with van der Waals surface area (Å²) >= 11 is 0. The van der Waals surface area contributed by atoms with Crippen LogP contribution in [0.1, 0.15) is 40.6 Å². The van der Waals surface area contributed by atoms with Crippen molar-refractivity contribution in [3.63, 3.8) is 0 Å². The zero-order valence-corrected chi connectivity index (χ0v) is 18.2. The largest absolute Gasteiger partial charge is 0.376 e. The highest BCUT2D eigenvalue weighted by atomic mass is 16.5. The highest BCUT2D eigenvalue weighted by Crippen LogP contribution is 2.38. The van der Waals surface area contributed by atoms with Crippen LogP contribution in [-0.4, -0.2) is 53.2 Å². The van der Waals surface area contributed by atoms with E-state index in [4.69, 9.17) is 4.74 Å². The monoisotopic (exact) mass is 446 g/mol. The Morgan fingerprint density at radius 3 is 2.88 bits per heavy atom. The molecule has 0 bridgehead atoms. The van der Waals surface area contributed by atoms with Crippen LogP contribution < -0.4 is 10.6 Å². The van der Waals surface area contributed by atoms with Gasteiger partial charge in [-0.3, -0.25) is 9.78 Å². The Morgan fingerprint density at radius 2 is 2.09 bits per heavy atom. The quantitative estimate of drug-likeness (QED) is 0.480. The molecule has 1 aromatic carbocycles. The normalized spacial score (nSPS) is 19.8. The number of aromatic amines is 1. The number of carbonyl (C=O) groups is 1. The van der Waals surface area contributed by atoms with Crippen molar-refractivity contribution in [2.75, 3.05) is 26.2 Å². The maximum absolute atomic E-state index is 12.9. The summed E-state index contributed by atoms with van der Waals surface area (Å²) in [5.41, 5.74) is 5.31. The number of carbonyl (C=O) groups excluding carboxylic acids is 1. The standard InChI is InChI=1S/C24H26N6O3/c31-24(27-10-7-18-14-26-11-12-33-18)23-28-21(15-5-8-25-9-6-15)22(29-23)17-1-3-19-16(13-17)2-4-20(19)30-32/h1,3,5-6,8-9,13,18,20,26H,2,4,7,10-12,14H2,(H,27,31)(H,28,29). The summed E-state index contributed by atoms with van der Waals surface area (Å²) in [5, 5.41) is 9.48. The third-order valence-electron chi connectivity index (χ3n) is 6.23. The summed E-state index contributed by atoms with van der Waals surface area (Å²) < 4.78 is 5.69. The lowest BCUT2D eigenvalue weighted by atomic mass is 10.0. The van der Waals surface area contributed by atoms with Crippen molar-refractivity contribution < 1.29 is 9.53 Å². The average molecular weight is 447 g/mol. The van der Waals surface area contributed by atoms with Crippen LogP contribution in [0.4, 0.5) is 0 Å². The van der Waals surface area contributed by atoms with Gasteiger partial charge in [0.1, 0.15) is 6.04 Å². The lowest BCUT2D eigenvalue weighted by molar-refractivity contribution is 0.0239. The molecular formula is C24H26N6O3. The van der Waals surface area contributed by atoms with Gasteiger partial charge in [-0.05, 0) is 48.6 Å². The van der Waals surface area contributed by atoms with Gasteiger partial charge in [-0.1, -0.05) is 17.3 Å². The molecule has 1 amide bonds. The van der Waals surface area contributed by atoms with E-state index >= 15 is 0 Å². The first-order valence-electron chi connectivity index (χ1n) is 11.3. The number of hydrogen-bond donors (Lipinski definition) is 3. The number of rotatable bonds is 7. The van der Waals surface area contributed by atoms with E-state index in [2.05, 4.69) is 36.8 Å². The number of H-pyrrole nitrogens is 1. The minimum absolute atomic E-state index is 0.106. The lowest BCUT2D eigenvalue weighted by Gasteiger charge is -2.23. The van der Waals surface area contributed by atoms with Gasteiger partial charge in [0.25, 0.3) is 5.91 Å². The third kappa shape index (κ3) is 4.55. The summed E-state index contributed by atoms with van der Waals surface area (Å²) in [6, 6.07) is 9.43. The van der Waals surface area contributed by atoms with E-state index in [1.807, 2.05) is 24.3 Å². The third-order valence-corrected chi connectivity index (χ3v) is 6.23. The SMILES string of the molecule is O=NC1CCc2cc(-c3nc(C(=O)NCCC4CNCCO4)[nH]c3-c3ccncc3)ccc21. The molecule has 0 spiro atoms. The van der Waals surface area contributed by atoms with Gasteiger partial charge in [-0.25, -0.2) is 4.98 Å². The van der Waals surface area contributed by atoms with Crippen LogP contribution in [0.2, 0.25) is 0 Å². The fourth-order valence-corrected chi connectivity index (χ4v) is 4.50. The Balaban J connectivity index is 1.40. The Hall–Kier alpha value is -3.43. The fourth-order valence-electron chi connectivity index (χ4n) is 4.50. The molecule has 9 heteroatoms. The van der Waals surface area contributed by atoms with Crippen molar-refractivity contribution in [2.24, 2.45) is 5.18 Å². The van der Waals surface area contributed by atoms with Gasteiger partial charge >= 0.3 is 0 Å². The first-order chi connectivity index (χ1) is 16.2. The van der Waals surface area contributed by atoms with Crippen molar-refractivity contribution in [3.05, 3.63) is 64.6 Å². The Kier molecular flexibility index (Phi) is 6.23. The molecule has 0 saturated carbocycles. The van der Waals surface area contributed by atoms with Gasteiger partial charge in [0.2, 0.25) is 0 Å². The molecule has 2 aliphatic rings. The summed E-state index contributed by atoms with van der Waals surface area (Å²) in [4.78, 5) is 35.9. The van der Waals surface area contributed by atoms with E-state index in [0.717, 1.165) is 60.3 Å². The number of pyridine rings is 1. The van der Waals surface area contributed by atoms with Gasteiger partial charge < -0.3 is 20.4 Å². The summed E-state index contributed by atoms with van der Waals surface area (Å²) in [6.07, 6.45) is 5.80. The van der Waals surface area contributed by atoms with Gasteiger partial charge in [0.05, 0.1) is 24.1 Å². The molecule has 5 rings (SSSR count). The second-order valence-corrected chi connectivity index (χ2v) is 8.36. The molecule has 3 heterocycles. The predicted molar refractivity (Wildman–Crippen MR) is 124 cm³/mol. The van der Waals surface area contributed by atoms with Crippen LogP contribution >= 0.6 is 0 Å². The van der Waals surface area contributed by atoms with Gasteiger partial charge in [-0.15, -0.1) is 0 Å². The molecule has 3 N–H and O–H groups in total. The Bertz CT molecular complexity index is 1140. The number of benzene rings is 1. The number of morpholine rings is 1. The minimum Gasteiger partial charge on any atom is -0.376 e. The zero-order valence-electron chi connectivity index (χ0n) is 18.2. The summed E-state index contributed by atoms with van der Waals surface area (Å²) in [7, 11) is 0. The number of nitrogens with one attached hydrogen (secondary N) is 3. The van der Waals surface area contributed by atoms with E-state index in [0.29, 0.717) is 18.8 Å². The van der Waals surface area contributed by atoms with E-state index in [9.17, 15) is 9.70 Å². The number of aryl methyl sites for hydroxylation is 1. The number of nitroso groups, excluding NO2 is 1. The van der Waals surface area contributed by atoms with E-state index in [1.165, 1.54) is 0 Å². The molecule has 1 fully saturated rings. The van der Waals surface area contributed by atoms with Crippen LogP contribution in [-0.2, 0) is 11.2 Å². The lowest BCUT2D eigenvalue weighted by Crippen LogP contribution is -2.40. The van der Waals surface area contributed by atoms with Crippen molar-refractivity contribution in [2.45, 2.75) is 31.4 Å². The van der Waals surface area contributed by atoms with Crippen molar-refractivity contribution >= 4 is 5.91 Å². The van der Waals surface area contributed by atoms with E-state index < -0.39 is 0 Å². The van der Waals surface area contributed by atoms with Crippen molar-refractivity contribution in [1.29, 1.82) is 0 Å². The maximum Gasteiger partial charge on any atom is 0.287 e. The second-order valence-electron chi connectivity index (χ2n) is 8.36. The molecule has 2 atom stereocenters. The number of nitrogens with zero attached hydrogens (tertiary/aromatic N) is 3. The molecule has 9 nitrogen and oxygen atoms in total. The van der Waals surface area contributed by atoms with Gasteiger partial charge in [0.15, 0.2) is 5.82 Å². The zero-order chi connectivity index (χ0) is 22.6. The maximum atomic E-state index is 12.9. The predicted octanol–water partition coefficient (Wildman–Crippen LogP) is 3.00. The van der Waals surface area contributed by atoms with Crippen LogP contribution in [0.25, 0.3) is 22.5 Å². The number of hydrogen-bond acceptors (Lipinski definition) is 7.